The van der Waals surface area contributed by atoms with E-state index in [0.717, 1.165) is 24.6 Å². The van der Waals surface area contributed by atoms with Gasteiger partial charge in [-0.1, -0.05) is 53.2 Å². The van der Waals surface area contributed by atoms with E-state index in [-0.39, 0.29) is 11.4 Å². The van der Waals surface area contributed by atoms with Crippen molar-refractivity contribution in [2.75, 3.05) is 11.9 Å². The minimum atomic E-state index is -0.0959. The van der Waals surface area contributed by atoms with Gasteiger partial charge in [-0.2, -0.15) is 0 Å². The highest BCUT2D eigenvalue weighted by atomic mass is 79.9. The van der Waals surface area contributed by atoms with Crippen molar-refractivity contribution in [1.29, 1.82) is 0 Å². The fourth-order valence-corrected chi connectivity index (χ4v) is 2.81. The summed E-state index contributed by atoms with van der Waals surface area (Å²) >= 11 is 3.48. The second-order valence-corrected chi connectivity index (χ2v) is 5.57. The molecule has 0 heterocycles. The zero-order valence-corrected chi connectivity index (χ0v) is 13.4. The highest BCUT2D eigenvalue weighted by Gasteiger charge is 2.32. The number of hydrogen-bond donors (Lipinski definition) is 0. The Morgan fingerprint density at radius 1 is 1.26 bits per heavy atom. The maximum Gasteiger partial charge on any atom is 0.306 e. The van der Waals surface area contributed by atoms with Crippen LogP contribution in [0.25, 0.3) is 0 Å². The lowest BCUT2D eigenvalue weighted by molar-refractivity contribution is -0.144. The van der Waals surface area contributed by atoms with Crippen LogP contribution >= 0.6 is 15.9 Å². The minimum absolute atomic E-state index is 0.0947. The maximum absolute atomic E-state index is 11.9. The van der Waals surface area contributed by atoms with Gasteiger partial charge in [0, 0.05) is 10.7 Å². The molecule has 0 N–H and O–H groups in total. The first kappa shape index (κ1) is 16.2. The van der Waals surface area contributed by atoms with Gasteiger partial charge in [-0.25, -0.2) is 0 Å². The molecule has 0 aliphatic carbocycles. The van der Waals surface area contributed by atoms with E-state index in [4.69, 9.17) is 4.74 Å². The van der Waals surface area contributed by atoms with Gasteiger partial charge in [0.05, 0.1) is 13.0 Å². The van der Waals surface area contributed by atoms with E-state index in [2.05, 4.69) is 35.0 Å². The number of alkyl halides is 1. The van der Waals surface area contributed by atoms with Crippen molar-refractivity contribution < 1.29 is 9.53 Å². The fourth-order valence-electron chi connectivity index (χ4n) is 2.53. The number of hydrogen-bond acceptors (Lipinski definition) is 2. The Morgan fingerprint density at radius 3 is 2.47 bits per heavy atom. The van der Waals surface area contributed by atoms with E-state index in [9.17, 15) is 4.79 Å². The molecule has 0 aromatic heterocycles. The van der Waals surface area contributed by atoms with Crippen molar-refractivity contribution in [3.05, 3.63) is 35.9 Å². The molecule has 0 saturated carbocycles. The zero-order chi connectivity index (χ0) is 14.1. The Bertz CT molecular complexity index is 378. The summed E-state index contributed by atoms with van der Waals surface area (Å²) in [7, 11) is 0. The maximum atomic E-state index is 11.9. The third-order valence-electron chi connectivity index (χ3n) is 3.64. The highest BCUT2D eigenvalue weighted by Crippen LogP contribution is 2.37. The summed E-state index contributed by atoms with van der Waals surface area (Å²) in [5.74, 6) is -0.0947. The molecule has 0 spiro atoms. The molecule has 0 aliphatic heterocycles. The smallest absolute Gasteiger partial charge is 0.306 e. The van der Waals surface area contributed by atoms with Crippen molar-refractivity contribution >= 4 is 21.9 Å². The minimum Gasteiger partial charge on any atom is -0.466 e. The van der Waals surface area contributed by atoms with Crippen LogP contribution in [-0.4, -0.2) is 17.9 Å². The topological polar surface area (TPSA) is 26.3 Å². The van der Waals surface area contributed by atoms with E-state index in [1.807, 2.05) is 25.1 Å². The Labute approximate surface area is 124 Å². The van der Waals surface area contributed by atoms with E-state index >= 15 is 0 Å². The van der Waals surface area contributed by atoms with Gasteiger partial charge in [0.2, 0.25) is 0 Å². The van der Waals surface area contributed by atoms with Crippen LogP contribution in [0.4, 0.5) is 0 Å². The number of rotatable bonds is 8. The van der Waals surface area contributed by atoms with Crippen LogP contribution < -0.4 is 0 Å². The third-order valence-corrected chi connectivity index (χ3v) is 4.20. The number of benzene rings is 1. The summed E-state index contributed by atoms with van der Waals surface area (Å²) in [6.45, 7) is 4.46. The molecule has 19 heavy (non-hydrogen) atoms. The van der Waals surface area contributed by atoms with Crippen molar-refractivity contribution in [1.82, 2.24) is 0 Å². The number of halogens is 1. The quantitative estimate of drug-likeness (QED) is 0.520. The lowest BCUT2D eigenvalue weighted by Gasteiger charge is -2.32. The van der Waals surface area contributed by atoms with Crippen LogP contribution in [0.15, 0.2) is 30.3 Å². The van der Waals surface area contributed by atoms with E-state index < -0.39 is 0 Å². The van der Waals surface area contributed by atoms with E-state index in [1.165, 1.54) is 5.56 Å². The summed E-state index contributed by atoms with van der Waals surface area (Å²) in [5, 5.41) is 0.963. The third kappa shape index (κ3) is 4.64. The lowest BCUT2D eigenvalue weighted by Crippen LogP contribution is -2.30. The lowest BCUT2D eigenvalue weighted by atomic mass is 9.72. The Balaban J connectivity index is 2.97. The number of esters is 1. The van der Waals surface area contributed by atoms with Crippen LogP contribution in [0.2, 0.25) is 0 Å². The molecule has 1 aromatic carbocycles. The number of carbonyl (C=O) groups excluding carboxylic acids is 1. The number of carbonyl (C=O) groups is 1. The molecule has 1 rings (SSSR count). The van der Waals surface area contributed by atoms with Crippen LogP contribution in [0.1, 0.15) is 45.1 Å². The van der Waals surface area contributed by atoms with Gasteiger partial charge >= 0.3 is 5.97 Å². The van der Waals surface area contributed by atoms with Crippen molar-refractivity contribution in [3.63, 3.8) is 0 Å². The van der Waals surface area contributed by atoms with Gasteiger partial charge in [-0.05, 0) is 31.7 Å². The molecule has 0 saturated heterocycles. The largest absolute Gasteiger partial charge is 0.466 e. The average Bonchev–Trinajstić information content (AvgIpc) is 2.45. The van der Waals surface area contributed by atoms with Crippen molar-refractivity contribution in [2.24, 2.45) is 0 Å². The molecule has 0 amide bonds. The molecule has 3 heteroatoms. The predicted molar refractivity (Wildman–Crippen MR) is 82.7 cm³/mol. The fraction of sp³-hybridized carbons (Fsp3) is 0.562. The van der Waals surface area contributed by atoms with E-state index in [1.54, 1.807) is 0 Å². The van der Waals surface area contributed by atoms with Crippen LogP contribution in [0.3, 0.4) is 0 Å². The monoisotopic (exact) mass is 326 g/mol. The molecule has 2 nitrogen and oxygen atoms in total. The van der Waals surface area contributed by atoms with Crippen LogP contribution in [0.5, 0.6) is 0 Å². The van der Waals surface area contributed by atoms with E-state index in [0.29, 0.717) is 13.0 Å². The molecule has 0 aliphatic rings. The molecule has 1 unspecified atom stereocenters. The van der Waals surface area contributed by atoms with Crippen molar-refractivity contribution in [3.8, 4) is 0 Å². The first-order valence-electron chi connectivity index (χ1n) is 6.95. The normalized spacial score (nSPS) is 13.8. The van der Waals surface area contributed by atoms with Gasteiger partial charge in [0.25, 0.3) is 0 Å². The van der Waals surface area contributed by atoms with Gasteiger partial charge in [-0.15, -0.1) is 0 Å². The van der Waals surface area contributed by atoms with Gasteiger partial charge in [0.1, 0.15) is 0 Å². The zero-order valence-electron chi connectivity index (χ0n) is 11.8. The van der Waals surface area contributed by atoms with Gasteiger partial charge in [0.15, 0.2) is 0 Å². The number of ether oxygens (including phenoxy) is 1. The second-order valence-electron chi connectivity index (χ2n) is 4.77. The molecule has 0 fully saturated rings. The summed E-state index contributed by atoms with van der Waals surface area (Å²) in [4.78, 5) is 11.9. The van der Waals surface area contributed by atoms with Gasteiger partial charge in [-0.3, -0.25) is 4.79 Å². The van der Waals surface area contributed by atoms with Crippen molar-refractivity contribution in [2.45, 2.75) is 44.9 Å². The molecular weight excluding hydrogens is 304 g/mol. The Morgan fingerprint density at radius 2 is 1.95 bits per heavy atom. The first-order chi connectivity index (χ1) is 9.18. The summed E-state index contributed by atoms with van der Waals surface area (Å²) in [6.07, 6.45) is 3.47. The molecular formula is C16H23BrO2. The summed E-state index contributed by atoms with van der Waals surface area (Å²) in [5.41, 5.74) is 1.15. The Kier molecular flexibility index (Phi) is 7.14. The molecule has 1 atom stereocenters. The predicted octanol–water partition coefficient (Wildman–Crippen LogP) is 4.46. The second kappa shape index (κ2) is 8.36. The SMILES string of the molecule is CCOC(=O)CC(CC)(CCCBr)c1ccccc1. The molecule has 106 valence electrons. The first-order valence-corrected chi connectivity index (χ1v) is 8.07. The van der Waals surface area contributed by atoms with Gasteiger partial charge < -0.3 is 4.74 Å². The molecule has 1 aromatic rings. The summed E-state index contributed by atoms with van der Waals surface area (Å²) in [6, 6.07) is 10.3. The van der Waals surface area contributed by atoms with Crippen LogP contribution in [0, 0.1) is 0 Å². The Hall–Kier alpha value is -0.830. The average molecular weight is 327 g/mol. The molecule has 0 radical (unpaired) electrons. The summed E-state index contributed by atoms with van der Waals surface area (Å²) < 4.78 is 5.15. The van der Waals surface area contributed by atoms with Crippen LogP contribution in [-0.2, 0) is 14.9 Å². The highest BCUT2D eigenvalue weighted by molar-refractivity contribution is 9.09. The standard InChI is InChI=1S/C16H23BrO2/c1-3-16(11-8-12-17,13-15(18)19-4-2)14-9-6-5-7-10-14/h5-7,9-10H,3-4,8,11-13H2,1-2H3. The molecule has 0 bridgehead atoms.